The van der Waals surface area contributed by atoms with E-state index in [1.54, 1.807) is 0 Å². The molecule has 0 radical (unpaired) electrons. The molecule has 0 saturated heterocycles. The lowest BCUT2D eigenvalue weighted by Gasteiger charge is -2.06. The van der Waals surface area contributed by atoms with E-state index in [2.05, 4.69) is 10.9 Å². The molecule has 0 aromatic rings. The molecular formula is C5H7F3N2O. The Bertz CT molecular complexity index is 185. The first-order chi connectivity index (χ1) is 4.88. The van der Waals surface area contributed by atoms with E-state index in [4.69, 9.17) is 0 Å². The highest BCUT2D eigenvalue weighted by molar-refractivity contribution is 6.03. The lowest BCUT2D eigenvalue weighted by molar-refractivity contribution is -0.117. The van der Waals surface area contributed by atoms with Crippen molar-refractivity contribution in [2.75, 3.05) is 0 Å². The maximum Gasteiger partial charge on any atom is 0.431 e. The summed E-state index contributed by atoms with van der Waals surface area (Å²) in [6.07, 6.45) is -5.36. The molecule has 0 unspecified atom stereocenters. The normalized spacial score (nSPS) is 13.3. The van der Waals surface area contributed by atoms with Gasteiger partial charge in [0.2, 0.25) is 0 Å². The monoisotopic (exact) mass is 168 g/mol. The lowest BCUT2D eigenvalue weighted by Crippen LogP contribution is -2.26. The van der Waals surface area contributed by atoms with Crippen molar-refractivity contribution in [1.82, 2.24) is 0 Å². The van der Waals surface area contributed by atoms with Gasteiger partial charge in [0.05, 0.1) is 6.42 Å². The van der Waals surface area contributed by atoms with Crippen LogP contribution in [0.2, 0.25) is 0 Å². The largest absolute Gasteiger partial charge is 0.431 e. The molecule has 0 aliphatic carbocycles. The molecule has 2 N–H and O–H groups in total. The molecule has 0 fully saturated rings. The van der Waals surface area contributed by atoms with Crippen molar-refractivity contribution < 1.29 is 18.0 Å². The molecule has 64 valence electrons. The van der Waals surface area contributed by atoms with Crippen molar-refractivity contribution in [2.24, 2.45) is 10.9 Å². The van der Waals surface area contributed by atoms with Gasteiger partial charge in [0, 0.05) is 0 Å². The number of nitrogens with two attached hydrogens (primary N) is 1. The molecule has 11 heavy (non-hydrogen) atoms. The third-order valence-electron chi connectivity index (χ3n) is 0.899. The van der Waals surface area contributed by atoms with Gasteiger partial charge in [0.15, 0.2) is 0 Å². The average Bonchev–Trinajstić information content (AvgIpc) is 1.79. The minimum Gasteiger partial charge on any atom is -0.323 e. The second kappa shape index (κ2) is 3.36. The third kappa shape index (κ3) is 3.59. The Hall–Kier alpha value is -1.07. The van der Waals surface area contributed by atoms with Crippen molar-refractivity contribution >= 4 is 11.5 Å². The maximum absolute atomic E-state index is 11.7. The minimum atomic E-state index is -4.60. The van der Waals surface area contributed by atoms with E-state index in [1.165, 1.54) is 0 Å². The summed E-state index contributed by atoms with van der Waals surface area (Å²) in [5.74, 6) is 3.80. The summed E-state index contributed by atoms with van der Waals surface area (Å²) in [7, 11) is 0. The van der Waals surface area contributed by atoms with Gasteiger partial charge in [-0.15, -0.1) is 0 Å². The first kappa shape index (κ1) is 9.93. The number of halogens is 3. The van der Waals surface area contributed by atoms with Crippen LogP contribution in [0, 0.1) is 0 Å². The molecule has 0 aromatic carbocycles. The fourth-order valence-corrected chi connectivity index (χ4v) is 0.455. The van der Waals surface area contributed by atoms with Gasteiger partial charge < -0.3 is 5.84 Å². The zero-order valence-electron chi connectivity index (χ0n) is 5.77. The van der Waals surface area contributed by atoms with E-state index in [0.717, 1.165) is 6.92 Å². The zero-order chi connectivity index (χ0) is 9.07. The molecule has 0 aliphatic rings. The Morgan fingerprint density at radius 3 is 2.09 bits per heavy atom. The van der Waals surface area contributed by atoms with Gasteiger partial charge in [0.25, 0.3) is 0 Å². The van der Waals surface area contributed by atoms with Crippen LogP contribution in [0.3, 0.4) is 0 Å². The molecule has 0 amide bonds. The second-order valence-corrected chi connectivity index (χ2v) is 1.95. The first-order valence-corrected chi connectivity index (χ1v) is 2.71. The van der Waals surface area contributed by atoms with E-state index in [0.29, 0.717) is 0 Å². The predicted octanol–water partition coefficient (Wildman–Crippen LogP) is 0.842. The lowest BCUT2D eigenvalue weighted by atomic mass is 10.2. The highest BCUT2D eigenvalue weighted by Crippen LogP contribution is 2.18. The van der Waals surface area contributed by atoms with Gasteiger partial charge >= 0.3 is 6.18 Å². The number of carbonyl (C=O) groups excluding carboxylic acids is 1. The smallest absolute Gasteiger partial charge is 0.323 e. The number of hydrogen-bond acceptors (Lipinski definition) is 3. The SMILES string of the molecule is CC(=O)C/C(=N\N)C(F)(F)F. The van der Waals surface area contributed by atoms with Crippen LogP contribution >= 0.6 is 0 Å². The zero-order valence-corrected chi connectivity index (χ0v) is 5.77. The topological polar surface area (TPSA) is 55.5 Å². The van der Waals surface area contributed by atoms with Crippen molar-refractivity contribution in [3.8, 4) is 0 Å². The van der Waals surface area contributed by atoms with Gasteiger partial charge in [0.1, 0.15) is 11.5 Å². The van der Waals surface area contributed by atoms with Gasteiger partial charge in [-0.2, -0.15) is 18.3 Å². The number of nitrogens with zero attached hydrogens (tertiary/aromatic N) is 1. The molecule has 0 spiro atoms. The van der Waals surface area contributed by atoms with Crippen LogP contribution in [0.15, 0.2) is 5.10 Å². The van der Waals surface area contributed by atoms with E-state index < -0.39 is 24.1 Å². The molecule has 6 heteroatoms. The van der Waals surface area contributed by atoms with Crippen molar-refractivity contribution in [2.45, 2.75) is 19.5 Å². The highest BCUT2D eigenvalue weighted by atomic mass is 19.4. The Morgan fingerprint density at radius 1 is 1.55 bits per heavy atom. The van der Waals surface area contributed by atoms with E-state index in [-0.39, 0.29) is 0 Å². The summed E-state index contributed by atoms with van der Waals surface area (Å²) < 4.78 is 35.2. The molecule has 0 bridgehead atoms. The second-order valence-electron chi connectivity index (χ2n) is 1.95. The first-order valence-electron chi connectivity index (χ1n) is 2.71. The Morgan fingerprint density at radius 2 is 2.00 bits per heavy atom. The van der Waals surface area contributed by atoms with E-state index >= 15 is 0 Å². The fraction of sp³-hybridized carbons (Fsp3) is 0.600. The molecule has 0 atom stereocenters. The van der Waals surface area contributed by atoms with Crippen LogP contribution in [0.4, 0.5) is 13.2 Å². The van der Waals surface area contributed by atoms with Gasteiger partial charge in [-0.05, 0) is 6.92 Å². The van der Waals surface area contributed by atoms with Gasteiger partial charge in [-0.25, -0.2) is 0 Å². The number of hydrazone groups is 1. The summed E-state index contributed by atoms with van der Waals surface area (Å²) in [6.45, 7) is 1.04. The number of rotatable bonds is 2. The van der Waals surface area contributed by atoms with E-state index in [1.807, 2.05) is 0 Å². The van der Waals surface area contributed by atoms with Gasteiger partial charge in [-0.3, -0.25) is 4.79 Å². The summed E-state index contributed by atoms with van der Waals surface area (Å²) in [6, 6.07) is 0. The van der Waals surface area contributed by atoms with Crippen LogP contribution in [-0.2, 0) is 4.79 Å². The molecule has 0 aliphatic heterocycles. The number of ketones is 1. The molecule has 0 heterocycles. The standard InChI is InChI=1S/C5H7F3N2O/c1-3(11)2-4(10-9)5(6,7)8/h2,9H2,1H3/b10-4+. The Balaban J connectivity index is 4.33. The maximum atomic E-state index is 11.7. The van der Waals surface area contributed by atoms with Crippen LogP contribution in [0.25, 0.3) is 0 Å². The highest BCUT2D eigenvalue weighted by Gasteiger charge is 2.36. The molecule has 0 aromatic heterocycles. The quantitative estimate of drug-likeness (QED) is 0.377. The Labute approximate surface area is 61.1 Å². The third-order valence-corrected chi connectivity index (χ3v) is 0.899. The van der Waals surface area contributed by atoms with Crippen LogP contribution in [0.5, 0.6) is 0 Å². The number of hydrogen-bond donors (Lipinski definition) is 1. The Kier molecular flexibility index (Phi) is 3.03. The predicted molar refractivity (Wildman–Crippen MR) is 33.0 cm³/mol. The summed E-state index contributed by atoms with van der Waals surface area (Å²) in [5.41, 5.74) is -1.25. The van der Waals surface area contributed by atoms with Gasteiger partial charge in [-0.1, -0.05) is 0 Å². The number of Topliss-reactive ketones (excluding diaryl/α,β-unsaturated/α-hetero) is 1. The summed E-state index contributed by atoms with van der Waals surface area (Å²) in [4.78, 5) is 10.2. The number of carbonyl (C=O) groups is 1. The van der Waals surface area contributed by atoms with Crippen molar-refractivity contribution in [3.63, 3.8) is 0 Å². The average molecular weight is 168 g/mol. The number of alkyl halides is 3. The van der Waals surface area contributed by atoms with Crippen molar-refractivity contribution in [3.05, 3.63) is 0 Å². The molecule has 3 nitrogen and oxygen atoms in total. The van der Waals surface area contributed by atoms with Crippen molar-refractivity contribution in [1.29, 1.82) is 0 Å². The van der Waals surface area contributed by atoms with Crippen LogP contribution < -0.4 is 5.84 Å². The molecule has 0 rings (SSSR count). The summed E-state index contributed by atoms with van der Waals surface area (Å²) >= 11 is 0. The molecule has 0 saturated carbocycles. The van der Waals surface area contributed by atoms with E-state index in [9.17, 15) is 18.0 Å². The van der Waals surface area contributed by atoms with Crippen LogP contribution in [-0.4, -0.2) is 17.7 Å². The minimum absolute atomic E-state index is 0.619. The fourth-order valence-electron chi connectivity index (χ4n) is 0.455. The van der Waals surface area contributed by atoms with Crippen LogP contribution in [0.1, 0.15) is 13.3 Å². The summed E-state index contributed by atoms with van der Waals surface area (Å²) in [5, 5.41) is 2.47. The molecular weight excluding hydrogens is 161 g/mol.